The van der Waals surface area contributed by atoms with Crippen LogP contribution in [-0.4, -0.2) is 37.9 Å². The Kier molecular flexibility index (Phi) is 9.16. The van der Waals surface area contributed by atoms with E-state index in [0.29, 0.717) is 0 Å². The number of nitrogens with zero attached hydrogens (tertiary/aromatic N) is 1. The van der Waals surface area contributed by atoms with Gasteiger partial charge in [-0.2, -0.15) is 0 Å². The van der Waals surface area contributed by atoms with Crippen LogP contribution in [0.4, 0.5) is 4.39 Å². The summed E-state index contributed by atoms with van der Waals surface area (Å²) < 4.78 is 27.2. The molecule has 0 aliphatic heterocycles. The third-order valence-electron chi connectivity index (χ3n) is 7.34. The van der Waals surface area contributed by atoms with E-state index in [0.717, 1.165) is 27.7 Å². The van der Waals surface area contributed by atoms with Crippen LogP contribution in [0.3, 0.4) is 0 Å². The maximum absolute atomic E-state index is 13.7. The molecule has 0 bridgehead atoms. The molecule has 1 unspecified atom stereocenters. The summed E-state index contributed by atoms with van der Waals surface area (Å²) in [6.45, 7) is 14.8. The van der Waals surface area contributed by atoms with E-state index in [1.807, 2.05) is 24.3 Å². The molecule has 1 atom stereocenters. The van der Waals surface area contributed by atoms with Crippen molar-refractivity contribution in [3.05, 3.63) is 66.1 Å². The lowest BCUT2D eigenvalue weighted by Crippen LogP contribution is -2.44. The first-order valence-electron chi connectivity index (χ1n) is 13.1. The number of hydrogen-bond donors (Lipinski definition) is 0. The molecular weight excluding hydrogens is 497 g/mol. The van der Waals surface area contributed by atoms with E-state index in [4.69, 9.17) is 9.16 Å². The van der Waals surface area contributed by atoms with Crippen LogP contribution in [0, 0.1) is 5.82 Å². The first kappa shape index (κ1) is 29.5. The Hall–Kier alpha value is -3.03. The van der Waals surface area contributed by atoms with E-state index < -0.39 is 20.4 Å². The monoisotopic (exact) mass is 537 g/mol. The second kappa shape index (κ2) is 11.8. The number of rotatable bonds is 10. The Morgan fingerprint density at radius 3 is 2.24 bits per heavy atom. The lowest BCUT2D eigenvalue weighted by atomic mass is 10.0. The number of aromatic nitrogens is 1. The third-order valence-corrected chi connectivity index (χ3v) is 11.9. The zero-order valence-electron chi connectivity index (χ0n) is 23.8. The van der Waals surface area contributed by atoms with Crippen LogP contribution in [0.25, 0.3) is 28.1 Å². The Labute approximate surface area is 226 Å². The van der Waals surface area contributed by atoms with Gasteiger partial charge in [-0.1, -0.05) is 51.1 Å². The van der Waals surface area contributed by atoms with Crippen molar-refractivity contribution in [2.24, 2.45) is 0 Å². The molecule has 3 aromatic rings. The van der Waals surface area contributed by atoms with Gasteiger partial charge in [-0.25, -0.2) is 4.39 Å². The van der Waals surface area contributed by atoms with Crippen LogP contribution in [0.2, 0.25) is 18.1 Å². The van der Waals surface area contributed by atoms with Gasteiger partial charge in [0.2, 0.25) is 0 Å². The van der Waals surface area contributed by atoms with Gasteiger partial charge in [0.25, 0.3) is 0 Å². The lowest BCUT2D eigenvalue weighted by Gasteiger charge is -2.39. The highest BCUT2D eigenvalue weighted by Gasteiger charge is 2.40. The Balaban J connectivity index is 2.01. The number of ether oxygens (including phenoxy) is 1. The summed E-state index contributed by atoms with van der Waals surface area (Å²) in [5.41, 5.74) is 3.73. The van der Waals surface area contributed by atoms with Crippen molar-refractivity contribution in [3.8, 4) is 11.1 Å². The molecule has 1 heterocycles. The number of carbonyl (C=O) groups excluding carboxylic acids is 2. The largest absolute Gasteiger partial charge is 0.469 e. The quantitative estimate of drug-likeness (QED) is 0.150. The number of fused-ring (bicyclic) bond motifs is 1. The smallest absolute Gasteiger partial charge is 0.308 e. The number of para-hydroxylation sites is 1. The zero-order valence-corrected chi connectivity index (χ0v) is 24.8. The molecule has 7 heteroatoms. The van der Waals surface area contributed by atoms with Gasteiger partial charge in [0.1, 0.15) is 5.82 Å². The van der Waals surface area contributed by atoms with Crippen molar-refractivity contribution in [2.75, 3.05) is 7.11 Å². The highest BCUT2D eigenvalue weighted by atomic mass is 28.4. The molecule has 0 radical (unpaired) electrons. The van der Waals surface area contributed by atoms with Crippen LogP contribution in [0.5, 0.6) is 0 Å². The summed E-state index contributed by atoms with van der Waals surface area (Å²) in [6, 6.07) is 14.6. The number of halogens is 1. The molecule has 3 rings (SSSR count). The van der Waals surface area contributed by atoms with Gasteiger partial charge in [0.15, 0.2) is 14.1 Å². The van der Waals surface area contributed by atoms with Crippen LogP contribution < -0.4 is 0 Å². The second-order valence-electron chi connectivity index (χ2n) is 11.5. The van der Waals surface area contributed by atoms with Crippen molar-refractivity contribution >= 4 is 37.0 Å². The molecule has 1 aromatic heterocycles. The molecule has 5 nitrogen and oxygen atoms in total. The fourth-order valence-electron chi connectivity index (χ4n) is 4.41. The van der Waals surface area contributed by atoms with E-state index in [1.54, 1.807) is 18.2 Å². The molecule has 0 saturated carbocycles. The molecular formula is C31H40FNO4Si. The third kappa shape index (κ3) is 6.69. The average molecular weight is 538 g/mol. The van der Waals surface area contributed by atoms with E-state index in [-0.39, 0.29) is 35.5 Å². The van der Waals surface area contributed by atoms with Crippen LogP contribution in [0.1, 0.15) is 59.2 Å². The van der Waals surface area contributed by atoms with Crippen molar-refractivity contribution in [2.45, 2.75) is 77.7 Å². The van der Waals surface area contributed by atoms with Crippen molar-refractivity contribution in [1.29, 1.82) is 0 Å². The van der Waals surface area contributed by atoms with Crippen molar-refractivity contribution < 1.29 is 23.1 Å². The predicted octanol–water partition coefficient (Wildman–Crippen LogP) is 7.95. The number of carbonyl (C=O) groups is 2. The van der Waals surface area contributed by atoms with Gasteiger partial charge in [0, 0.05) is 28.9 Å². The Morgan fingerprint density at radius 1 is 1.03 bits per heavy atom. The fraction of sp³-hybridized carbons (Fsp3) is 0.419. The molecule has 0 amide bonds. The van der Waals surface area contributed by atoms with Gasteiger partial charge >= 0.3 is 5.97 Å². The van der Waals surface area contributed by atoms with Crippen LogP contribution >= 0.6 is 0 Å². The van der Waals surface area contributed by atoms with E-state index in [1.165, 1.54) is 19.2 Å². The second-order valence-corrected chi connectivity index (χ2v) is 16.3. The minimum absolute atomic E-state index is 0.0235. The van der Waals surface area contributed by atoms with Crippen LogP contribution in [-0.2, 0) is 18.8 Å². The maximum atomic E-state index is 13.7. The molecule has 0 aliphatic rings. The minimum atomic E-state index is -2.22. The van der Waals surface area contributed by atoms with Gasteiger partial charge in [-0.3, -0.25) is 9.59 Å². The molecule has 0 spiro atoms. The summed E-state index contributed by atoms with van der Waals surface area (Å²) >= 11 is 0. The number of hydrogen-bond acceptors (Lipinski definition) is 4. The minimum Gasteiger partial charge on any atom is -0.469 e. The van der Waals surface area contributed by atoms with Crippen molar-refractivity contribution in [3.63, 3.8) is 0 Å². The lowest BCUT2D eigenvalue weighted by molar-refractivity contribution is -0.142. The number of benzene rings is 2. The maximum Gasteiger partial charge on any atom is 0.308 e. The first-order chi connectivity index (χ1) is 17.7. The topological polar surface area (TPSA) is 57.5 Å². The zero-order chi connectivity index (χ0) is 28.3. The number of allylic oxidation sites excluding steroid dienone is 1. The first-order valence-corrected chi connectivity index (χ1v) is 16.0. The number of esters is 1. The SMILES string of the molecule is COC(=O)CC(CC(=O)/C=C/c1c(-c2ccc(F)cc2)c2ccccc2n1C(C)C)O[Si](C)(C)C(C)(C)C. The van der Waals surface area contributed by atoms with Gasteiger partial charge in [-0.05, 0) is 67.9 Å². The molecule has 38 heavy (non-hydrogen) atoms. The Morgan fingerprint density at radius 2 is 1.66 bits per heavy atom. The van der Waals surface area contributed by atoms with E-state index in [9.17, 15) is 14.0 Å². The molecule has 2 aromatic carbocycles. The summed E-state index contributed by atoms with van der Waals surface area (Å²) in [5.74, 6) is -0.834. The van der Waals surface area contributed by atoms with Gasteiger partial charge in [-0.15, -0.1) is 0 Å². The standard InChI is InChI=1S/C31H40FNO4Si/c1-21(2)33-27-12-10-9-11-26(27)30(22-13-15-23(32)16-14-22)28(33)18-17-24(34)19-25(20-29(35)36-6)37-38(7,8)31(3,4)5/h9-18,21,25H,19-20H2,1-8H3/b18-17+. The summed E-state index contributed by atoms with van der Waals surface area (Å²) in [5, 5.41) is 0.965. The van der Waals surface area contributed by atoms with Crippen LogP contribution in [0.15, 0.2) is 54.6 Å². The van der Waals surface area contributed by atoms with E-state index >= 15 is 0 Å². The highest BCUT2D eigenvalue weighted by Crippen LogP contribution is 2.39. The summed E-state index contributed by atoms with van der Waals surface area (Å²) in [6.07, 6.45) is 2.94. The van der Waals surface area contributed by atoms with E-state index in [2.05, 4.69) is 58.3 Å². The summed E-state index contributed by atoms with van der Waals surface area (Å²) in [4.78, 5) is 25.4. The van der Waals surface area contributed by atoms with Crippen molar-refractivity contribution in [1.82, 2.24) is 4.57 Å². The predicted molar refractivity (Wildman–Crippen MR) is 155 cm³/mol. The molecule has 0 aliphatic carbocycles. The van der Waals surface area contributed by atoms with Gasteiger partial charge in [0.05, 0.1) is 25.3 Å². The number of methoxy groups -OCH3 is 1. The number of ketones is 1. The molecule has 0 fully saturated rings. The average Bonchev–Trinajstić information content (AvgIpc) is 3.16. The molecule has 0 N–H and O–H groups in total. The highest BCUT2D eigenvalue weighted by molar-refractivity contribution is 6.74. The summed E-state index contributed by atoms with van der Waals surface area (Å²) in [7, 11) is -0.882. The fourth-order valence-corrected chi connectivity index (χ4v) is 5.76. The van der Waals surface area contributed by atoms with Gasteiger partial charge < -0.3 is 13.7 Å². The molecule has 204 valence electrons. The normalized spacial score (nSPS) is 13.4. The Bertz CT molecular complexity index is 1320. The molecule has 0 saturated heterocycles.